The maximum absolute atomic E-state index is 12.9. The summed E-state index contributed by atoms with van der Waals surface area (Å²) in [7, 11) is 0. The minimum atomic E-state index is -0.118. The van der Waals surface area contributed by atoms with Crippen LogP contribution in [0.1, 0.15) is 22.1 Å². The standard InChI is InChI=1S/C21H17N5O3S/c1-11-13(3)30-20-16(11)21(27)26(10-22-20)9-15-23-24-19(28-15)17-12(2)29-25-18(17)14-7-5-4-6-8-14/h4-8,10H,9H2,1-3H3. The van der Waals surface area contributed by atoms with E-state index in [4.69, 9.17) is 8.94 Å². The Morgan fingerprint density at radius 3 is 2.70 bits per heavy atom. The van der Waals surface area contributed by atoms with Gasteiger partial charge in [0.05, 0.1) is 11.7 Å². The molecule has 0 bridgehead atoms. The third-order valence-corrected chi connectivity index (χ3v) is 6.17. The van der Waals surface area contributed by atoms with Crippen LogP contribution in [-0.2, 0) is 6.54 Å². The molecular formula is C21H17N5O3S. The Balaban J connectivity index is 1.52. The van der Waals surface area contributed by atoms with E-state index in [1.54, 1.807) is 6.92 Å². The third-order valence-electron chi connectivity index (χ3n) is 5.05. The molecule has 150 valence electrons. The van der Waals surface area contributed by atoms with Gasteiger partial charge < -0.3 is 8.94 Å². The molecule has 4 heterocycles. The van der Waals surface area contributed by atoms with Crippen LogP contribution in [0.15, 0.2) is 50.4 Å². The molecule has 0 radical (unpaired) electrons. The molecule has 0 saturated carbocycles. The maximum atomic E-state index is 12.9. The molecule has 0 atom stereocenters. The Morgan fingerprint density at radius 1 is 1.10 bits per heavy atom. The molecule has 4 aromatic heterocycles. The molecule has 1 aromatic carbocycles. The Morgan fingerprint density at radius 2 is 1.90 bits per heavy atom. The summed E-state index contributed by atoms with van der Waals surface area (Å²) < 4.78 is 12.7. The smallest absolute Gasteiger partial charge is 0.262 e. The summed E-state index contributed by atoms with van der Waals surface area (Å²) in [5.74, 6) is 1.18. The summed E-state index contributed by atoms with van der Waals surface area (Å²) in [6.07, 6.45) is 1.52. The zero-order chi connectivity index (χ0) is 20.8. The molecule has 5 aromatic rings. The second-order valence-corrected chi connectivity index (χ2v) is 8.17. The zero-order valence-corrected chi connectivity index (χ0v) is 17.4. The number of fused-ring (bicyclic) bond motifs is 1. The van der Waals surface area contributed by atoms with Crippen molar-refractivity contribution in [3.05, 3.63) is 69.1 Å². The summed E-state index contributed by atoms with van der Waals surface area (Å²) in [5, 5.41) is 13.1. The van der Waals surface area contributed by atoms with E-state index in [2.05, 4.69) is 20.3 Å². The Labute approximate surface area is 174 Å². The third kappa shape index (κ3) is 2.94. The van der Waals surface area contributed by atoms with Crippen LogP contribution in [0.25, 0.3) is 32.9 Å². The van der Waals surface area contributed by atoms with E-state index in [1.807, 2.05) is 44.2 Å². The lowest BCUT2D eigenvalue weighted by Gasteiger charge is -2.02. The van der Waals surface area contributed by atoms with Crippen molar-refractivity contribution in [3.8, 4) is 22.7 Å². The lowest BCUT2D eigenvalue weighted by atomic mass is 10.1. The van der Waals surface area contributed by atoms with E-state index >= 15 is 0 Å². The van der Waals surface area contributed by atoms with Crippen LogP contribution in [0, 0.1) is 20.8 Å². The van der Waals surface area contributed by atoms with Crippen molar-refractivity contribution in [1.82, 2.24) is 24.9 Å². The van der Waals surface area contributed by atoms with Crippen LogP contribution >= 0.6 is 11.3 Å². The van der Waals surface area contributed by atoms with E-state index < -0.39 is 0 Å². The van der Waals surface area contributed by atoms with Gasteiger partial charge in [-0.1, -0.05) is 35.5 Å². The number of hydrogen-bond acceptors (Lipinski definition) is 8. The first-order valence-electron chi connectivity index (χ1n) is 9.32. The van der Waals surface area contributed by atoms with Crippen molar-refractivity contribution in [2.24, 2.45) is 0 Å². The number of hydrogen-bond donors (Lipinski definition) is 0. The van der Waals surface area contributed by atoms with Gasteiger partial charge >= 0.3 is 0 Å². The molecule has 0 spiro atoms. The SMILES string of the molecule is Cc1onc(-c2ccccc2)c1-c1nnc(Cn2cnc3sc(C)c(C)c3c2=O)o1. The van der Waals surface area contributed by atoms with Gasteiger partial charge in [-0.15, -0.1) is 21.5 Å². The zero-order valence-electron chi connectivity index (χ0n) is 16.5. The van der Waals surface area contributed by atoms with Crippen molar-refractivity contribution >= 4 is 21.6 Å². The minimum absolute atomic E-state index is 0.118. The van der Waals surface area contributed by atoms with Gasteiger partial charge in [0.2, 0.25) is 5.89 Å². The second-order valence-electron chi connectivity index (χ2n) is 6.97. The molecule has 8 nitrogen and oxygen atoms in total. The van der Waals surface area contributed by atoms with Crippen LogP contribution in [0.4, 0.5) is 0 Å². The average molecular weight is 419 g/mol. The van der Waals surface area contributed by atoms with Crippen LogP contribution in [-0.4, -0.2) is 24.9 Å². The quantitative estimate of drug-likeness (QED) is 0.432. The first-order chi connectivity index (χ1) is 14.5. The fraction of sp³-hybridized carbons (Fsp3) is 0.190. The molecular weight excluding hydrogens is 402 g/mol. The highest BCUT2D eigenvalue weighted by molar-refractivity contribution is 7.18. The van der Waals surface area contributed by atoms with Crippen LogP contribution in [0.2, 0.25) is 0 Å². The molecule has 0 N–H and O–H groups in total. The molecule has 0 amide bonds. The largest absolute Gasteiger partial charge is 0.419 e. The van der Waals surface area contributed by atoms with Crippen molar-refractivity contribution in [2.45, 2.75) is 27.3 Å². The number of rotatable bonds is 4. The van der Waals surface area contributed by atoms with Crippen LogP contribution < -0.4 is 5.56 Å². The summed E-state index contributed by atoms with van der Waals surface area (Å²) in [6, 6.07) is 9.64. The minimum Gasteiger partial charge on any atom is -0.419 e. The number of nitrogens with zero attached hydrogens (tertiary/aromatic N) is 5. The summed E-state index contributed by atoms with van der Waals surface area (Å²) in [6.45, 7) is 5.85. The molecule has 9 heteroatoms. The summed E-state index contributed by atoms with van der Waals surface area (Å²) in [5.41, 5.74) is 3.00. The van der Waals surface area contributed by atoms with Gasteiger partial charge in [-0.25, -0.2) is 4.98 Å². The molecule has 30 heavy (non-hydrogen) atoms. The predicted octanol–water partition coefficient (Wildman–Crippen LogP) is 4.14. The highest BCUT2D eigenvalue weighted by Gasteiger charge is 2.22. The topological polar surface area (TPSA) is 99.8 Å². The first kappa shape index (κ1) is 18.4. The lowest BCUT2D eigenvalue weighted by Crippen LogP contribution is -2.21. The molecule has 0 aliphatic carbocycles. The maximum Gasteiger partial charge on any atom is 0.262 e. The van der Waals surface area contributed by atoms with Gasteiger partial charge in [-0.3, -0.25) is 9.36 Å². The Bertz CT molecular complexity index is 1430. The van der Waals surface area contributed by atoms with Gasteiger partial charge in [-0.05, 0) is 26.3 Å². The fourth-order valence-corrected chi connectivity index (χ4v) is 4.35. The van der Waals surface area contributed by atoms with Crippen molar-refractivity contribution in [3.63, 3.8) is 0 Å². The lowest BCUT2D eigenvalue weighted by molar-refractivity contribution is 0.399. The van der Waals surface area contributed by atoms with Gasteiger partial charge in [0.1, 0.15) is 28.4 Å². The van der Waals surface area contributed by atoms with Gasteiger partial charge in [0, 0.05) is 10.4 Å². The van der Waals surface area contributed by atoms with Crippen LogP contribution in [0.3, 0.4) is 0 Å². The molecule has 0 saturated heterocycles. The second kappa shape index (κ2) is 7.03. The Kier molecular flexibility index (Phi) is 4.32. The van der Waals surface area contributed by atoms with E-state index in [0.717, 1.165) is 20.8 Å². The van der Waals surface area contributed by atoms with Gasteiger partial charge in [0.25, 0.3) is 11.4 Å². The number of aromatic nitrogens is 5. The van der Waals surface area contributed by atoms with E-state index in [9.17, 15) is 4.79 Å². The molecule has 0 fully saturated rings. The van der Waals surface area contributed by atoms with E-state index in [1.165, 1.54) is 22.2 Å². The van der Waals surface area contributed by atoms with Gasteiger partial charge in [0.15, 0.2) is 0 Å². The average Bonchev–Trinajstić information content (AvgIpc) is 3.43. The van der Waals surface area contributed by atoms with Crippen molar-refractivity contribution in [1.29, 1.82) is 0 Å². The highest BCUT2D eigenvalue weighted by Crippen LogP contribution is 2.33. The molecule has 0 aliphatic rings. The van der Waals surface area contributed by atoms with E-state index in [-0.39, 0.29) is 12.1 Å². The number of benzene rings is 1. The Hall–Kier alpha value is -3.59. The molecule has 0 unspecified atom stereocenters. The number of aryl methyl sites for hydroxylation is 3. The molecule has 5 rings (SSSR count). The van der Waals surface area contributed by atoms with Gasteiger partial charge in [-0.2, -0.15) is 0 Å². The fourth-order valence-electron chi connectivity index (χ4n) is 3.36. The molecule has 0 aliphatic heterocycles. The number of thiophene rings is 1. The van der Waals surface area contributed by atoms with Crippen molar-refractivity contribution < 1.29 is 8.94 Å². The van der Waals surface area contributed by atoms with Crippen LogP contribution in [0.5, 0.6) is 0 Å². The summed E-state index contributed by atoms with van der Waals surface area (Å²) in [4.78, 5) is 19.1. The summed E-state index contributed by atoms with van der Waals surface area (Å²) >= 11 is 1.52. The van der Waals surface area contributed by atoms with Crippen molar-refractivity contribution in [2.75, 3.05) is 0 Å². The highest BCUT2D eigenvalue weighted by atomic mass is 32.1. The predicted molar refractivity (Wildman–Crippen MR) is 112 cm³/mol. The first-order valence-corrected chi connectivity index (χ1v) is 10.1. The normalized spacial score (nSPS) is 11.4. The van der Waals surface area contributed by atoms with E-state index in [0.29, 0.717) is 34.2 Å². The monoisotopic (exact) mass is 419 g/mol.